The molecule has 0 unspecified atom stereocenters. The average molecular weight is 355 g/mol. The number of carbonyl (C=O) groups is 2. The number of amides is 2. The van der Waals surface area contributed by atoms with Gasteiger partial charge in [-0.2, -0.15) is 5.10 Å². The van der Waals surface area contributed by atoms with Crippen molar-refractivity contribution in [1.29, 1.82) is 0 Å². The van der Waals surface area contributed by atoms with Crippen LogP contribution in [-0.2, 0) is 11.3 Å². The van der Waals surface area contributed by atoms with Crippen molar-refractivity contribution < 1.29 is 9.59 Å². The maximum absolute atomic E-state index is 12.2. The number of hydrogen-bond donors (Lipinski definition) is 2. The van der Waals surface area contributed by atoms with Crippen LogP contribution >= 0.6 is 11.3 Å². The summed E-state index contributed by atoms with van der Waals surface area (Å²) in [6, 6.07) is 8.36. The molecule has 0 saturated carbocycles. The minimum absolute atomic E-state index is 0.263. The minimum atomic E-state index is -0.667. The first kappa shape index (κ1) is 16.8. The summed E-state index contributed by atoms with van der Waals surface area (Å²) in [5.41, 5.74) is 1.06. The van der Waals surface area contributed by atoms with E-state index in [2.05, 4.69) is 20.7 Å². The van der Waals surface area contributed by atoms with Crippen LogP contribution < -0.4 is 10.6 Å². The molecule has 0 bridgehead atoms. The summed E-state index contributed by atoms with van der Waals surface area (Å²) >= 11 is 1.33. The highest BCUT2D eigenvalue weighted by atomic mass is 32.1. The van der Waals surface area contributed by atoms with E-state index in [1.165, 1.54) is 11.3 Å². The Balaban J connectivity index is 1.55. The van der Waals surface area contributed by atoms with Gasteiger partial charge < -0.3 is 10.6 Å². The molecule has 3 aromatic heterocycles. The standard InChI is InChI=1S/C17H17N5O2S/c1-12(19-17(24)14-3-2-10-25-14)16(23)20-15-6-9-22(21-15)11-13-4-7-18-8-5-13/h2-10,12H,11H2,1H3,(H,19,24)(H,20,21,23)/t12-/m0/s1. The van der Waals surface area contributed by atoms with Crippen LogP contribution in [-0.4, -0.2) is 32.6 Å². The quantitative estimate of drug-likeness (QED) is 0.709. The number of thiophene rings is 1. The zero-order chi connectivity index (χ0) is 17.6. The Hall–Kier alpha value is -3.00. The fourth-order valence-corrected chi connectivity index (χ4v) is 2.79. The van der Waals surface area contributed by atoms with Crippen molar-refractivity contribution in [2.45, 2.75) is 19.5 Å². The SMILES string of the molecule is C[C@H](NC(=O)c1cccs1)C(=O)Nc1ccn(Cc2ccncc2)n1. The molecular weight excluding hydrogens is 338 g/mol. The molecule has 3 heterocycles. The molecule has 0 spiro atoms. The van der Waals surface area contributed by atoms with Gasteiger partial charge in [-0.3, -0.25) is 19.3 Å². The van der Waals surface area contributed by atoms with Crippen LogP contribution in [0.25, 0.3) is 0 Å². The lowest BCUT2D eigenvalue weighted by atomic mass is 10.3. The van der Waals surface area contributed by atoms with Crippen LogP contribution in [0, 0.1) is 0 Å². The summed E-state index contributed by atoms with van der Waals surface area (Å²) in [5.74, 6) is -0.142. The number of hydrogen-bond acceptors (Lipinski definition) is 5. The zero-order valence-electron chi connectivity index (χ0n) is 13.5. The van der Waals surface area contributed by atoms with Gasteiger partial charge in [0.15, 0.2) is 5.82 Å². The van der Waals surface area contributed by atoms with Gasteiger partial charge in [-0.1, -0.05) is 6.07 Å². The number of carbonyl (C=O) groups excluding carboxylic acids is 2. The smallest absolute Gasteiger partial charge is 0.261 e. The molecule has 0 aromatic carbocycles. The molecule has 25 heavy (non-hydrogen) atoms. The topological polar surface area (TPSA) is 88.9 Å². The normalized spacial score (nSPS) is 11.7. The van der Waals surface area contributed by atoms with Crippen molar-refractivity contribution >= 4 is 29.0 Å². The number of nitrogens with zero attached hydrogens (tertiary/aromatic N) is 3. The van der Waals surface area contributed by atoms with E-state index in [9.17, 15) is 9.59 Å². The number of anilines is 1. The van der Waals surface area contributed by atoms with Gasteiger partial charge >= 0.3 is 0 Å². The highest BCUT2D eigenvalue weighted by Crippen LogP contribution is 2.09. The molecule has 0 radical (unpaired) electrons. The number of aromatic nitrogens is 3. The molecule has 0 aliphatic heterocycles. The maximum atomic E-state index is 12.2. The molecular formula is C17H17N5O2S. The van der Waals surface area contributed by atoms with E-state index in [1.54, 1.807) is 48.4 Å². The Morgan fingerprint density at radius 2 is 2.04 bits per heavy atom. The summed E-state index contributed by atoms with van der Waals surface area (Å²) in [6.45, 7) is 2.22. The predicted molar refractivity (Wildman–Crippen MR) is 95.4 cm³/mol. The molecule has 7 nitrogen and oxygen atoms in total. The van der Waals surface area contributed by atoms with Gasteiger partial charge in [0.05, 0.1) is 11.4 Å². The fraction of sp³-hybridized carbons (Fsp3) is 0.176. The zero-order valence-corrected chi connectivity index (χ0v) is 14.4. The van der Waals surface area contributed by atoms with E-state index in [-0.39, 0.29) is 11.8 Å². The Labute approximate surface area is 148 Å². The van der Waals surface area contributed by atoms with Crippen LogP contribution in [0.2, 0.25) is 0 Å². The van der Waals surface area contributed by atoms with Crippen LogP contribution in [0.5, 0.6) is 0 Å². The van der Waals surface area contributed by atoms with Crippen LogP contribution in [0.4, 0.5) is 5.82 Å². The second-order valence-corrected chi connectivity index (χ2v) is 6.36. The molecule has 0 aliphatic rings. The van der Waals surface area contributed by atoms with Crippen molar-refractivity contribution in [3.63, 3.8) is 0 Å². The van der Waals surface area contributed by atoms with E-state index in [4.69, 9.17) is 0 Å². The van der Waals surface area contributed by atoms with Crippen molar-refractivity contribution in [3.05, 3.63) is 64.7 Å². The van der Waals surface area contributed by atoms with Gasteiger partial charge in [-0.25, -0.2) is 0 Å². The van der Waals surface area contributed by atoms with E-state index in [0.717, 1.165) is 5.56 Å². The van der Waals surface area contributed by atoms with Gasteiger partial charge in [0.1, 0.15) is 6.04 Å². The number of nitrogens with one attached hydrogen (secondary N) is 2. The summed E-state index contributed by atoms with van der Waals surface area (Å²) < 4.78 is 1.72. The van der Waals surface area contributed by atoms with Gasteiger partial charge in [-0.05, 0) is 36.1 Å². The molecule has 3 rings (SSSR count). The fourth-order valence-electron chi connectivity index (χ4n) is 2.17. The first-order valence-corrected chi connectivity index (χ1v) is 8.57. The van der Waals surface area contributed by atoms with Crippen molar-refractivity contribution in [1.82, 2.24) is 20.1 Å². The summed E-state index contributed by atoms with van der Waals surface area (Å²) in [6.07, 6.45) is 5.23. The van der Waals surface area contributed by atoms with Crippen LogP contribution in [0.15, 0.2) is 54.3 Å². The van der Waals surface area contributed by atoms with Gasteiger partial charge in [0.25, 0.3) is 5.91 Å². The minimum Gasteiger partial charge on any atom is -0.340 e. The highest BCUT2D eigenvalue weighted by molar-refractivity contribution is 7.12. The van der Waals surface area contributed by atoms with Crippen molar-refractivity contribution in [2.75, 3.05) is 5.32 Å². The molecule has 3 aromatic rings. The predicted octanol–water partition coefficient (Wildman–Crippen LogP) is 2.14. The van der Waals surface area contributed by atoms with Crippen LogP contribution in [0.3, 0.4) is 0 Å². The second-order valence-electron chi connectivity index (χ2n) is 5.42. The van der Waals surface area contributed by atoms with E-state index >= 15 is 0 Å². The monoisotopic (exact) mass is 355 g/mol. The Kier molecular flexibility index (Phi) is 5.20. The van der Waals surface area contributed by atoms with Crippen molar-refractivity contribution in [2.24, 2.45) is 0 Å². The Bertz CT molecular complexity index is 845. The largest absolute Gasteiger partial charge is 0.340 e. The first-order valence-electron chi connectivity index (χ1n) is 7.69. The number of rotatable bonds is 6. The van der Waals surface area contributed by atoms with Gasteiger partial charge in [-0.15, -0.1) is 11.3 Å². The lowest BCUT2D eigenvalue weighted by molar-refractivity contribution is -0.117. The van der Waals surface area contributed by atoms with Crippen molar-refractivity contribution in [3.8, 4) is 0 Å². The molecule has 2 N–H and O–H groups in total. The summed E-state index contributed by atoms with van der Waals surface area (Å²) in [4.78, 5) is 28.7. The van der Waals surface area contributed by atoms with Gasteiger partial charge in [0.2, 0.25) is 5.91 Å². The molecule has 128 valence electrons. The summed E-state index contributed by atoms with van der Waals surface area (Å²) in [5, 5.41) is 11.5. The first-order chi connectivity index (χ1) is 12.1. The lowest BCUT2D eigenvalue weighted by Gasteiger charge is -2.12. The lowest BCUT2D eigenvalue weighted by Crippen LogP contribution is -2.41. The molecule has 0 saturated heterocycles. The van der Waals surface area contributed by atoms with Crippen LogP contribution in [0.1, 0.15) is 22.2 Å². The molecule has 1 atom stereocenters. The van der Waals surface area contributed by atoms with E-state index < -0.39 is 6.04 Å². The third kappa shape index (κ3) is 4.51. The molecule has 8 heteroatoms. The molecule has 0 fully saturated rings. The third-order valence-corrected chi connectivity index (χ3v) is 4.34. The summed E-state index contributed by atoms with van der Waals surface area (Å²) in [7, 11) is 0. The van der Waals surface area contributed by atoms with E-state index in [1.807, 2.05) is 17.5 Å². The third-order valence-electron chi connectivity index (χ3n) is 3.47. The average Bonchev–Trinajstić information content (AvgIpc) is 3.28. The highest BCUT2D eigenvalue weighted by Gasteiger charge is 2.18. The molecule has 2 amide bonds. The maximum Gasteiger partial charge on any atom is 0.261 e. The second kappa shape index (κ2) is 7.71. The Morgan fingerprint density at radius 1 is 1.24 bits per heavy atom. The number of pyridine rings is 1. The van der Waals surface area contributed by atoms with Gasteiger partial charge in [0, 0.05) is 24.7 Å². The Morgan fingerprint density at radius 3 is 2.76 bits per heavy atom. The van der Waals surface area contributed by atoms with E-state index in [0.29, 0.717) is 17.2 Å². The molecule has 0 aliphatic carbocycles.